The number of rotatable bonds is 10. The van der Waals surface area contributed by atoms with Gasteiger partial charge in [-0.1, -0.05) is 51.9 Å². The standard InChI is InChI=1S/C30H25Cl2FN4O4S/c31-18-3-1-17(2-4-18)21-7-8-23-26(22(21)13-20-6-5-19(32)15-36-20)27(39)37(33)30(23,24(38)14-25-35-11-12-42-25)41-16-29(9-10-29)28(34)40/h1-8,11-12,15,24,38H,9-10,13-14,16H2,(H2,34,40)/t24?,30-/m1/s1. The zero-order valence-corrected chi connectivity index (χ0v) is 24.4. The van der Waals surface area contributed by atoms with Crippen molar-refractivity contribution in [3.8, 4) is 11.1 Å². The summed E-state index contributed by atoms with van der Waals surface area (Å²) in [6, 6.07) is 13.8. The summed E-state index contributed by atoms with van der Waals surface area (Å²) in [6.07, 6.45) is 2.50. The number of primary amides is 1. The molecule has 1 saturated carbocycles. The van der Waals surface area contributed by atoms with E-state index in [2.05, 4.69) is 9.97 Å². The summed E-state index contributed by atoms with van der Waals surface area (Å²) in [5.41, 5.74) is 5.06. The van der Waals surface area contributed by atoms with Gasteiger partial charge in [0.05, 0.1) is 27.6 Å². The van der Waals surface area contributed by atoms with Crippen LogP contribution in [0.4, 0.5) is 4.48 Å². The van der Waals surface area contributed by atoms with E-state index >= 15 is 4.48 Å². The highest BCUT2D eigenvalue weighted by Gasteiger charge is 2.60. The number of carbonyl (C=O) groups is 2. The van der Waals surface area contributed by atoms with Crippen molar-refractivity contribution in [2.75, 3.05) is 6.61 Å². The van der Waals surface area contributed by atoms with Gasteiger partial charge in [0, 0.05) is 46.9 Å². The van der Waals surface area contributed by atoms with Crippen molar-refractivity contribution in [2.24, 2.45) is 11.1 Å². The average molecular weight is 628 g/mol. The van der Waals surface area contributed by atoms with Crippen LogP contribution in [0, 0.1) is 5.41 Å². The van der Waals surface area contributed by atoms with E-state index in [4.69, 9.17) is 33.7 Å². The monoisotopic (exact) mass is 626 g/mol. The van der Waals surface area contributed by atoms with Crippen molar-refractivity contribution in [2.45, 2.75) is 37.5 Å². The van der Waals surface area contributed by atoms with Gasteiger partial charge in [0.1, 0.15) is 6.10 Å². The predicted molar refractivity (Wildman–Crippen MR) is 157 cm³/mol. The molecule has 3 N–H and O–H groups in total. The third-order valence-corrected chi connectivity index (χ3v) is 9.21. The van der Waals surface area contributed by atoms with Gasteiger partial charge in [-0.3, -0.25) is 14.6 Å². The Labute approximate surface area is 254 Å². The Morgan fingerprint density at radius 2 is 1.86 bits per heavy atom. The number of nitrogens with zero attached hydrogens (tertiary/aromatic N) is 3. The molecule has 12 heteroatoms. The molecule has 2 aliphatic rings. The highest BCUT2D eigenvalue weighted by Crippen LogP contribution is 2.51. The Bertz CT molecular complexity index is 1650. The Hall–Kier alpha value is -3.41. The maximum atomic E-state index is 16.5. The molecule has 1 unspecified atom stereocenters. The molecule has 2 aromatic heterocycles. The van der Waals surface area contributed by atoms with E-state index in [1.165, 1.54) is 17.5 Å². The molecule has 4 aromatic rings. The fourth-order valence-electron chi connectivity index (χ4n) is 5.38. The lowest BCUT2D eigenvalue weighted by Crippen LogP contribution is -2.52. The fourth-order valence-corrected chi connectivity index (χ4v) is 6.27. The van der Waals surface area contributed by atoms with Crippen LogP contribution in [0.2, 0.25) is 10.0 Å². The van der Waals surface area contributed by atoms with E-state index in [9.17, 15) is 14.7 Å². The van der Waals surface area contributed by atoms with Crippen molar-refractivity contribution in [1.82, 2.24) is 15.1 Å². The number of hydrogen-bond donors (Lipinski definition) is 2. The van der Waals surface area contributed by atoms with Crippen LogP contribution in [0.15, 0.2) is 66.3 Å². The number of aliphatic hydroxyl groups excluding tert-OH is 1. The van der Waals surface area contributed by atoms with Crippen LogP contribution in [0.1, 0.15) is 45.0 Å². The number of halogens is 3. The van der Waals surface area contributed by atoms with Crippen molar-refractivity contribution >= 4 is 46.4 Å². The third-order valence-electron chi connectivity index (χ3n) is 7.93. The lowest BCUT2D eigenvalue weighted by atomic mass is 9.86. The second-order valence-electron chi connectivity index (χ2n) is 10.5. The van der Waals surface area contributed by atoms with Crippen LogP contribution in [0.25, 0.3) is 11.1 Å². The van der Waals surface area contributed by atoms with Gasteiger partial charge in [0.2, 0.25) is 11.6 Å². The molecule has 0 saturated heterocycles. The molecule has 6 rings (SSSR count). The smallest absolute Gasteiger partial charge is 0.285 e. The summed E-state index contributed by atoms with van der Waals surface area (Å²) in [6.45, 7) is -0.266. The van der Waals surface area contributed by atoms with Gasteiger partial charge in [-0.15, -0.1) is 16.5 Å². The molecule has 42 heavy (non-hydrogen) atoms. The second-order valence-corrected chi connectivity index (χ2v) is 12.4. The van der Waals surface area contributed by atoms with E-state index in [1.807, 2.05) is 0 Å². The summed E-state index contributed by atoms with van der Waals surface area (Å²) >= 11 is 13.5. The van der Waals surface area contributed by atoms with Crippen LogP contribution < -0.4 is 5.73 Å². The third kappa shape index (κ3) is 4.97. The van der Waals surface area contributed by atoms with Gasteiger partial charge < -0.3 is 15.6 Å². The second kappa shape index (κ2) is 11.0. The number of hydrogen-bond acceptors (Lipinski definition) is 7. The van der Waals surface area contributed by atoms with E-state index in [0.717, 1.165) is 5.56 Å². The van der Waals surface area contributed by atoms with Crippen molar-refractivity contribution in [3.63, 3.8) is 0 Å². The summed E-state index contributed by atoms with van der Waals surface area (Å²) < 4.78 is 22.7. The lowest BCUT2D eigenvalue weighted by Gasteiger charge is -2.38. The number of amides is 2. The first kappa shape index (κ1) is 28.7. The zero-order chi connectivity index (χ0) is 29.6. The van der Waals surface area contributed by atoms with Crippen molar-refractivity contribution in [1.29, 1.82) is 0 Å². The molecule has 1 aliphatic carbocycles. The first-order valence-corrected chi connectivity index (χ1v) is 14.8. The molecule has 8 nitrogen and oxygen atoms in total. The van der Waals surface area contributed by atoms with Gasteiger partial charge in [0.25, 0.3) is 5.91 Å². The molecule has 0 bridgehead atoms. The SMILES string of the molecule is NC(=O)C1(CO[C@@]2(C(O)Cc3nccs3)c3ccc(-c4ccc(Cl)cc4)c(Cc4ccc(Cl)cn4)c3C(=O)N2F)CC1. The van der Waals surface area contributed by atoms with Crippen LogP contribution in [-0.2, 0) is 28.1 Å². The number of fused-ring (bicyclic) bond motifs is 1. The Morgan fingerprint density at radius 3 is 2.48 bits per heavy atom. The number of pyridine rings is 1. The maximum Gasteiger partial charge on any atom is 0.285 e. The molecule has 1 aliphatic heterocycles. The number of nitrogens with two attached hydrogens (primary N) is 1. The van der Waals surface area contributed by atoms with Gasteiger partial charge in [-0.2, -0.15) is 0 Å². The van der Waals surface area contributed by atoms with Crippen LogP contribution in [-0.4, -0.2) is 44.7 Å². The summed E-state index contributed by atoms with van der Waals surface area (Å²) in [5, 5.41) is 14.8. The molecular weight excluding hydrogens is 602 g/mol. The number of carbonyl (C=O) groups excluding carboxylic acids is 2. The van der Waals surface area contributed by atoms with E-state index in [1.54, 1.807) is 60.1 Å². The molecule has 1 fully saturated rings. The Morgan fingerprint density at radius 1 is 1.12 bits per heavy atom. The highest BCUT2D eigenvalue weighted by molar-refractivity contribution is 7.09. The summed E-state index contributed by atoms with van der Waals surface area (Å²) in [5.74, 6) is -1.55. The number of aromatic nitrogens is 2. The van der Waals surface area contributed by atoms with Crippen molar-refractivity contribution in [3.05, 3.63) is 104 Å². The minimum Gasteiger partial charge on any atom is -0.387 e. The molecule has 3 heterocycles. The Kier molecular flexibility index (Phi) is 7.53. The minimum absolute atomic E-state index is 0.0452. The van der Waals surface area contributed by atoms with E-state index in [0.29, 0.717) is 44.7 Å². The summed E-state index contributed by atoms with van der Waals surface area (Å²) in [7, 11) is 0. The van der Waals surface area contributed by atoms with Gasteiger partial charge in [-0.25, -0.2) is 4.98 Å². The quantitative estimate of drug-likeness (QED) is 0.225. The van der Waals surface area contributed by atoms with Gasteiger partial charge >= 0.3 is 0 Å². The normalized spacial score (nSPS) is 19.5. The number of ether oxygens (including phenoxy) is 1. The largest absolute Gasteiger partial charge is 0.387 e. The number of aliphatic hydroxyl groups is 1. The first-order chi connectivity index (χ1) is 20.1. The number of thiazole rings is 1. The van der Waals surface area contributed by atoms with Gasteiger partial charge in [0.15, 0.2) is 0 Å². The van der Waals surface area contributed by atoms with Crippen LogP contribution in [0.3, 0.4) is 0 Å². The van der Waals surface area contributed by atoms with Crippen LogP contribution >= 0.6 is 34.5 Å². The summed E-state index contributed by atoms with van der Waals surface area (Å²) in [4.78, 5) is 34.7. The molecule has 0 spiro atoms. The van der Waals surface area contributed by atoms with Gasteiger partial charge in [-0.05, 0) is 53.8 Å². The molecular formula is C30H25Cl2FN4O4S. The van der Waals surface area contributed by atoms with Crippen LogP contribution in [0.5, 0.6) is 0 Å². The maximum absolute atomic E-state index is 16.5. The highest BCUT2D eigenvalue weighted by atomic mass is 35.5. The topological polar surface area (TPSA) is 119 Å². The first-order valence-electron chi connectivity index (χ1n) is 13.2. The van der Waals surface area contributed by atoms with E-state index < -0.39 is 29.1 Å². The number of benzene rings is 2. The Balaban J connectivity index is 1.53. The van der Waals surface area contributed by atoms with E-state index in [-0.39, 0.29) is 35.7 Å². The molecule has 2 aromatic carbocycles. The zero-order valence-electron chi connectivity index (χ0n) is 22.1. The molecule has 2 amide bonds. The molecule has 2 atom stereocenters. The lowest BCUT2D eigenvalue weighted by molar-refractivity contribution is -0.258. The average Bonchev–Trinajstić information content (AvgIpc) is 3.54. The molecule has 216 valence electrons. The molecule has 0 radical (unpaired) electrons. The fraction of sp³-hybridized carbons (Fsp3) is 0.267. The minimum atomic E-state index is -2.25. The predicted octanol–water partition coefficient (Wildman–Crippen LogP) is 5.48. The van der Waals surface area contributed by atoms with Crippen molar-refractivity contribution < 1.29 is 23.9 Å².